The summed E-state index contributed by atoms with van der Waals surface area (Å²) in [5, 5.41) is 9.35. The second-order valence-electron chi connectivity index (χ2n) is 7.34. The van der Waals surface area contributed by atoms with Crippen molar-refractivity contribution in [2.24, 2.45) is 4.99 Å². The number of carbonyl (C=O) groups excluding carboxylic acids is 1. The molecule has 7 heteroatoms. The van der Waals surface area contributed by atoms with Gasteiger partial charge in [0.05, 0.1) is 6.54 Å². The van der Waals surface area contributed by atoms with Crippen LogP contribution in [0.2, 0.25) is 0 Å². The minimum Gasteiger partial charge on any atom is -0.356 e. The van der Waals surface area contributed by atoms with Crippen LogP contribution in [0.3, 0.4) is 0 Å². The maximum absolute atomic E-state index is 11.9. The van der Waals surface area contributed by atoms with E-state index in [2.05, 4.69) is 55.1 Å². The fourth-order valence-electron chi connectivity index (χ4n) is 2.68. The van der Waals surface area contributed by atoms with Crippen LogP contribution in [0.4, 0.5) is 0 Å². The number of aliphatic imine (C=N–C) groups is 1. The van der Waals surface area contributed by atoms with Crippen LogP contribution in [-0.4, -0.2) is 37.5 Å². The second kappa shape index (κ2) is 9.21. The zero-order valence-corrected chi connectivity index (χ0v) is 19.2. The Balaban J connectivity index is 0.00000312. The zero-order chi connectivity index (χ0) is 17.8. The molecule has 0 unspecified atom stereocenters. The van der Waals surface area contributed by atoms with Crippen molar-refractivity contribution in [3.05, 3.63) is 34.3 Å². The van der Waals surface area contributed by atoms with E-state index in [4.69, 9.17) is 0 Å². The van der Waals surface area contributed by atoms with Crippen LogP contribution in [0.25, 0.3) is 0 Å². The highest BCUT2D eigenvalue weighted by Gasteiger charge is 2.45. The number of hydrogen-bond donors (Lipinski definition) is 3. The quantitative estimate of drug-likeness (QED) is 0.316. The van der Waals surface area contributed by atoms with Gasteiger partial charge in [-0.05, 0) is 45.2 Å². The summed E-state index contributed by atoms with van der Waals surface area (Å²) >= 11 is 3.65. The largest absolute Gasteiger partial charge is 0.356 e. The molecule has 0 radical (unpaired) electrons. The van der Waals surface area contributed by atoms with Gasteiger partial charge >= 0.3 is 0 Å². The number of benzene rings is 1. The Bertz CT molecular complexity index is 624. The smallest absolute Gasteiger partial charge is 0.239 e. The van der Waals surface area contributed by atoms with Crippen LogP contribution in [0.15, 0.2) is 33.7 Å². The molecule has 1 amide bonds. The van der Waals surface area contributed by atoms with Gasteiger partial charge in [-0.25, -0.2) is 0 Å². The predicted octanol–water partition coefficient (Wildman–Crippen LogP) is 3.18. The van der Waals surface area contributed by atoms with E-state index in [0.717, 1.165) is 23.9 Å². The van der Waals surface area contributed by atoms with Gasteiger partial charge in [0.2, 0.25) is 5.91 Å². The number of guanidine groups is 1. The zero-order valence-electron chi connectivity index (χ0n) is 15.3. The molecular weight excluding hydrogens is 495 g/mol. The van der Waals surface area contributed by atoms with Crippen LogP contribution < -0.4 is 16.0 Å². The molecule has 0 aliphatic heterocycles. The second-order valence-corrected chi connectivity index (χ2v) is 8.19. The summed E-state index contributed by atoms with van der Waals surface area (Å²) in [6.45, 7) is 6.90. The number of halogens is 2. The molecule has 25 heavy (non-hydrogen) atoms. The molecule has 2 rings (SSSR count). The maximum atomic E-state index is 11.9. The molecule has 1 fully saturated rings. The first-order chi connectivity index (χ1) is 11.3. The van der Waals surface area contributed by atoms with E-state index in [1.54, 1.807) is 7.05 Å². The number of nitrogens with one attached hydrogen (secondary N) is 3. The van der Waals surface area contributed by atoms with E-state index < -0.39 is 0 Å². The van der Waals surface area contributed by atoms with Crippen molar-refractivity contribution in [3.8, 4) is 0 Å². The first-order valence-corrected chi connectivity index (χ1v) is 9.06. The summed E-state index contributed by atoms with van der Waals surface area (Å²) in [6, 6.07) is 8.36. The van der Waals surface area contributed by atoms with Gasteiger partial charge < -0.3 is 16.0 Å². The van der Waals surface area contributed by atoms with Crippen molar-refractivity contribution in [3.63, 3.8) is 0 Å². The Morgan fingerprint density at radius 3 is 2.40 bits per heavy atom. The predicted molar refractivity (Wildman–Crippen MR) is 118 cm³/mol. The number of carbonyl (C=O) groups is 1. The minimum absolute atomic E-state index is 0. The summed E-state index contributed by atoms with van der Waals surface area (Å²) < 4.78 is 1.15. The van der Waals surface area contributed by atoms with Gasteiger partial charge in [-0.1, -0.05) is 34.1 Å². The molecular formula is C18H28BrIN4O. The summed E-state index contributed by atoms with van der Waals surface area (Å²) in [6.07, 6.45) is 2.31. The van der Waals surface area contributed by atoms with E-state index in [9.17, 15) is 4.79 Å². The van der Waals surface area contributed by atoms with Crippen LogP contribution in [0.5, 0.6) is 0 Å². The molecule has 1 aliphatic carbocycles. The Kier molecular flexibility index (Phi) is 8.18. The standard InChI is InChI=1S/C18H27BrN4O.HI/c1-17(2,3)23-15(24)11-21-16(20-4)22-12-18(9-10-18)13-7-5-6-8-14(13)19;/h5-8H,9-12H2,1-4H3,(H,23,24)(H2,20,21,22);1H. The maximum Gasteiger partial charge on any atom is 0.239 e. The molecule has 1 aliphatic rings. The monoisotopic (exact) mass is 522 g/mol. The van der Waals surface area contributed by atoms with E-state index in [0.29, 0.717) is 5.96 Å². The lowest BCUT2D eigenvalue weighted by molar-refractivity contribution is -0.121. The van der Waals surface area contributed by atoms with E-state index in [1.165, 1.54) is 5.56 Å². The number of rotatable bonds is 5. The topological polar surface area (TPSA) is 65.5 Å². The third kappa shape index (κ3) is 6.77. The Morgan fingerprint density at radius 1 is 1.24 bits per heavy atom. The molecule has 1 saturated carbocycles. The summed E-state index contributed by atoms with van der Waals surface area (Å²) in [7, 11) is 1.72. The molecule has 5 nitrogen and oxygen atoms in total. The van der Waals surface area contributed by atoms with E-state index in [1.807, 2.05) is 26.8 Å². The lowest BCUT2D eigenvalue weighted by Crippen LogP contribution is -2.49. The van der Waals surface area contributed by atoms with Crippen molar-refractivity contribution in [2.75, 3.05) is 20.1 Å². The lowest BCUT2D eigenvalue weighted by atomic mass is 9.96. The molecule has 3 N–H and O–H groups in total. The SMILES string of the molecule is CN=C(NCC(=O)NC(C)(C)C)NCC1(c2ccccc2Br)CC1.I. The first-order valence-electron chi connectivity index (χ1n) is 8.26. The third-order valence-corrected chi connectivity index (χ3v) is 4.74. The van der Waals surface area contributed by atoms with Gasteiger partial charge in [0.15, 0.2) is 5.96 Å². The molecule has 0 spiro atoms. The number of nitrogens with zero attached hydrogens (tertiary/aromatic N) is 1. The highest BCUT2D eigenvalue weighted by molar-refractivity contribution is 14.0. The highest BCUT2D eigenvalue weighted by Crippen LogP contribution is 2.49. The fourth-order valence-corrected chi connectivity index (χ4v) is 3.39. The van der Waals surface area contributed by atoms with Crippen molar-refractivity contribution in [2.45, 2.75) is 44.6 Å². The Hall–Kier alpha value is -0.830. The lowest BCUT2D eigenvalue weighted by Gasteiger charge is -2.22. The molecule has 0 bridgehead atoms. The first kappa shape index (κ1) is 22.2. The molecule has 140 valence electrons. The number of hydrogen-bond acceptors (Lipinski definition) is 2. The van der Waals surface area contributed by atoms with Crippen molar-refractivity contribution in [1.29, 1.82) is 0 Å². The molecule has 0 aromatic heterocycles. The fraction of sp³-hybridized carbons (Fsp3) is 0.556. The van der Waals surface area contributed by atoms with Gasteiger partial charge in [0, 0.05) is 29.0 Å². The van der Waals surface area contributed by atoms with Gasteiger partial charge in [-0.15, -0.1) is 24.0 Å². The molecule has 1 aromatic rings. The average Bonchev–Trinajstić information content (AvgIpc) is 3.27. The van der Waals surface area contributed by atoms with Gasteiger partial charge in [-0.3, -0.25) is 9.79 Å². The van der Waals surface area contributed by atoms with Crippen LogP contribution >= 0.6 is 39.9 Å². The number of amides is 1. The Morgan fingerprint density at radius 2 is 1.88 bits per heavy atom. The molecule has 1 aromatic carbocycles. The van der Waals surface area contributed by atoms with E-state index in [-0.39, 0.29) is 47.4 Å². The van der Waals surface area contributed by atoms with Crippen molar-refractivity contribution in [1.82, 2.24) is 16.0 Å². The van der Waals surface area contributed by atoms with E-state index >= 15 is 0 Å². The highest BCUT2D eigenvalue weighted by atomic mass is 127. The third-order valence-electron chi connectivity index (χ3n) is 4.05. The van der Waals surface area contributed by atoms with Crippen molar-refractivity contribution >= 4 is 51.8 Å². The van der Waals surface area contributed by atoms with Gasteiger partial charge in [0.25, 0.3) is 0 Å². The summed E-state index contributed by atoms with van der Waals surface area (Å²) in [5.74, 6) is 0.606. The molecule has 0 saturated heterocycles. The van der Waals surface area contributed by atoms with Gasteiger partial charge in [-0.2, -0.15) is 0 Å². The summed E-state index contributed by atoms with van der Waals surface area (Å²) in [4.78, 5) is 16.1. The van der Waals surface area contributed by atoms with Crippen LogP contribution in [0, 0.1) is 0 Å². The molecule has 0 atom stereocenters. The van der Waals surface area contributed by atoms with Crippen LogP contribution in [-0.2, 0) is 10.2 Å². The normalized spacial score (nSPS) is 15.8. The summed E-state index contributed by atoms with van der Waals surface area (Å²) in [5.41, 5.74) is 1.26. The molecule has 0 heterocycles. The van der Waals surface area contributed by atoms with Crippen LogP contribution in [0.1, 0.15) is 39.2 Å². The van der Waals surface area contributed by atoms with Crippen molar-refractivity contribution < 1.29 is 4.79 Å². The Labute approximate surface area is 176 Å². The average molecular weight is 523 g/mol. The van der Waals surface area contributed by atoms with Gasteiger partial charge in [0.1, 0.15) is 0 Å². The minimum atomic E-state index is -0.229.